The quantitative estimate of drug-likeness (QED) is 0.167. The molecule has 2 aliphatic rings. The molecule has 0 unspecified atom stereocenters. The van der Waals surface area contributed by atoms with Crippen LogP contribution in [-0.2, 0) is 5.41 Å². The van der Waals surface area contributed by atoms with E-state index in [0.29, 0.717) is 0 Å². The fourth-order valence-electron chi connectivity index (χ4n) is 9.60. The first-order valence-corrected chi connectivity index (χ1v) is 19.0. The Morgan fingerprint density at radius 3 is 1.65 bits per heavy atom. The first-order valence-electron chi connectivity index (χ1n) is 19.0. The zero-order valence-corrected chi connectivity index (χ0v) is 30.4. The monoisotopic (exact) mass is 688 g/mol. The Kier molecular flexibility index (Phi) is 6.72. The molecule has 2 aliphatic heterocycles. The average molecular weight is 689 g/mol. The lowest BCUT2D eigenvalue weighted by molar-refractivity contribution is 0.632. The number of anilines is 3. The summed E-state index contributed by atoms with van der Waals surface area (Å²) in [6.07, 6.45) is 0. The fourth-order valence-corrected chi connectivity index (χ4v) is 9.60. The SMILES string of the molecule is CC1(C)c2cc(-n3c4c(-c5ccccc5)cccc4c4cccc(-c5ccccc5)c43)ccc2N2c3ccccc3B(c3ccccc3)c3cccc1c32. The highest BCUT2D eigenvalue weighted by atomic mass is 15.2. The summed E-state index contributed by atoms with van der Waals surface area (Å²) in [5, 5.41) is 2.51. The molecule has 54 heavy (non-hydrogen) atoms. The largest absolute Gasteiger partial charge is 0.311 e. The van der Waals surface area contributed by atoms with Crippen molar-refractivity contribution >= 4 is 62.0 Å². The van der Waals surface area contributed by atoms with Crippen molar-refractivity contribution in [2.75, 3.05) is 4.90 Å². The number of rotatable bonds is 4. The molecule has 8 aromatic carbocycles. The smallest absolute Gasteiger partial charge is 0.246 e. The molecule has 0 fully saturated rings. The highest BCUT2D eigenvalue weighted by Gasteiger charge is 2.44. The van der Waals surface area contributed by atoms with Crippen molar-refractivity contribution in [3.05, 3.63) is 199 Å². The Balaban J connectivity index is 1.21. The molecule has 0 saturated carbocycles. The van der Waals surface area contributed by atoms with Crippen molar-refractivity contribution in [1.82, 2.24) is 4.57 Å². The lowest BCUT2D eigenvalue weighted by Crippen LogP contribution is -2.58. The van der Waals surface area contributed by atoms with Crippen LogP contribution in [0.3, 0.4) is 0 Å². The second-order valence-electron chi connectivity index (χ2n) is 15.3. The van der Waals surface area contributed by atoms with Gasteiger partial charge in [-0.3, -0.25) is 0 Å². The summed E-state index contributed by atoms with van der Waals surface area (Å²) in [7, 11) is 0. The molecule has 0 bridgehead atoms. The molecule has 0 radical (unpaired) electrons. The molecule has 2 nitrogen and oxygen atoms in total. The molecule has 254 valence electrons. The zero-order chi connectivity index (χ0) is 36.0. The van der Waals surface area contributed by atoms with E-state index in [2.05, 4.69) is 211 Å². The first kappa shape index (κ1) is 31.0. The van der Waals surface area contributed by atoms with Crippen LogP contribution in [0.2, 0.25) is 0 Å². The molecule has 0 aliphatic carbocycles. The van der Waals surface area contributed by atoms with Gasteiger partial charge in [-0.25, -0.2) is 0 Å². The van der Waals surface area contributed by atoms with Gasteiger partial charge in [-0.05, 0) is 57.4 Å². The van der Waals surface area contributed by atoms with E-state index in [0.717, 1.165) is 0 Å². The number of hydrogen-bond donors (Lipinski definition) is 0. The molecule has 3 heterocycles. The molecule has 0 spiro atoms. The van der Waals surface area contributed by atoms with Gasteiger partial charge in [-0.1, -0.05) is 183 Å². The molecule has 0 atom stereocenters. The maximum Gasteiger partial charge on any atom is 0.246 e. The molecule has 0 saturated heterocycles. The van der Waals surface area contributed by atoms with E-state index in [-0.39, 0.29) is 12.1 Å². The molecule has 0 amide bonds. The van der Waals surface area contributed by atoms with E-state index in [1.165, 1.54) is 94.3 Å². The summed E-state index contributed by atoms with van der Waals surface area (Å²) in [6.45, 7) is 4.99. The molecule has 9 aromatic rings. The van der Waals surface area contributed by atoms with Crippen molar-refractivity contribution in [3.8, 4) is 27.9 Å². The number of nitrogens with zero attached hydrogens (tertiary/aromatic N) is 2. The summed E-state index contributed by atoms with van der Waals surface area (Å²) in [5.41, 5.74) is 18.8. The maximum absolute atomic E-state index is 2.56. The third kappa shape index (κ3) is 4.36. The number of para-hydroxylation sites is 4. The Morgan fingerprint density at radius 1 is 0.444 bits per heavy atom. The van der Waals surface area contributed by atoms with Crippen LogP contribution < -0.4 is 21.3 Å². The van der Waals surface area contributed by atoms with E-state index in [1.807, 2.05) is 0 Å². The van der Waals surface area contributed by atoms with Crippen molar-refractivity contribution in [2.45, 2.75) is 19.3 Å². The van der Waals surface area contributed by atoms with Crippen LogP contribution in [0.5, 0.6) is 0 Å². The Morgan fingerprint density at radius 2 is 1.00 bits per heavy atom. The normalized spacial score (nSPS) is 13.8. The summed E-state index contributed by atoms with van der Waals surface area (Å²) in [6, 6.07) is 69.5. The van der Waals surface area contributed by atoms with Crippen LogP contribution in [0, 0.1) is 0 Å². The van der Waals surface area contributed by atoms with Crippen molar-refractivity contribution < 1.29 is 0 Å². The standard InChI is InChI=1S/C51H37BN2/c1-51(2)42-27-16-29-45-50(42)54(47-30-13-12-28-44(47)52(45)36-21-10-5-11-22-36)46-32-31-37(33-43(46)51)53-48-38(34-17-6-3-7-18-34)23-14-25-40(48)41-26-15-24-39(49(41)53)35-19-8-4-9-20-35/h3-33H,1-2H3. The number of hydrogen-bond acceptors (Lipinski definition) is 1. The molecule has 3 heteroatoms. The van der Waals surface area contributed by atoms with Gasteiger partial charge in [0.1, 0.15) is 0 Å². The van der Waals surface area contributed by atoms with Gasteiger partial charge in [0.15, 0.2) is 0 Å². The second-order valence-corrected chi connectivity index (χ2v) is 15.3. The van der Waals surface area contributed by atoms with E-state index >= 15 is 0 Å². The highest BCUT2D eigenvalue weighted by molar-refractivity contribution is 6.98. The third-order valence-electron chi connectivity index (χ3n) is 12.0. The first-order chi connectivity index (χ1) is 26.6. The predicted octanol–water partition coefficient (Wildman–Crippen LogP) is 11.1. The molecule has 0 N–H and O–H groups in total. The van der Waals surface area contributed by atoms with Crippen LogP contribution in [-0.4, -0.2) is 11.3 Å². The number of benzene rings is 8. The molecular weight excluding hydrogens is 651 g/mol. The Hall–Kier alpha value is -6.58. The van der Waals surface area contributed by atoms with Crippen LogP contribution in [0.4, 0.5) is 17.1 Å². The molecular formula is C51H37BN2. The Bertz CT molecular complexity index is 2810. The maximum atomic E-state index is 2.56. The van der Waals surface area contributed by atoms with E-state index < -0.39 is 0 Å². The number of aromatic nitrogens is 1. The van der Waals surface area contributed by atoms with Crippen LogP contribution in [0.25, 0.3) is 49.7 Å². The van der Waals surface area contributed by atoms with Gasteiger partial charge in [-0.2, -0.15) is 0 Å². The summed E-state index contributed by atoms with van der Waals surface area (Å²) >= 11 is 0. The van der Waals surface area contributed by atoms with Crippen LogP contribution in [0.1, 0.15) is 25.0 Å². The van der Waals surface area contributed by atoms with Crippen LogP contribution >= 0.6 is 0 Å². The minimum atomic E-state index is -0.260. The summed E-state index contributed by atoms with van der Waals surface area (Å²) < 4.78 is 2.55. The molecule has 11 rings (SSSR count). The zero-order valence-electron chi connectivity index (χ0n) is 30.4. The molecule has 1 aromatic heterocycles. The van der Waals surface area contributed by atoms with E-state index in [4.69, 9.17) is 0 Å². The average Bonchev–Trinajstić information content (AvgIpc) is 3.58. The third-order valence-corrected chi connectivity index (χ3v) is 12.0. The topological polar surface area (TPSA) is 8.17 Å². The van der Waals surface area contributed by atoms with Crippen molar-refractivity contribution in [1.29, 1.82) is 0 Å². The second kappa shape index (κ2) is 11.7. The van der Waals surface area contributed by atoms with Crippen LogP contribution in [0.15, 0.2) is 188 Å². The summed E-state index contributed by atoms with van der Waals surface area (Å²) in [5.74, 6) is 0. The van der Waals surface area contributed by atoms with Gasteiger partial charge < -0.3 is 9.47 Å². The Labute approximate surface area is 316 Å². The van der Waals surface area contributed by atoms with Gasteiger partial charge >= 0.3 is 0 Å². The fraction of sp³-hybridized carbons (Fsp3) is 0.0588. The van der Waals surface area contributed by atoms with Crippen molar-refractivity contribution in [3.63, 3.8) is 0 Å². The van der Waals surface area contributed by atoms with E-state index in [9.17, 15) is 0 Å². The van der Waals surface area contributed by atoms with E-state index in [1.54, 1.807) is 0 Å². The summed E-state index contributed by atoms with van der Waals surface area (Å²) in [4.78, 5) is 2.56. The lowest BCUT2D eigenvalue weighted by Gasteiger charge is -2.47. The van der Waals surface area contributed by atoms with Gasteiger partial charge in [-0.15, -0.1) is 0 Å². The predicted molar refractivity (Wildman–Crippen MR) is 230 cm³/mol. The van der Waals surface area contributed by atoms with Gasteiger partial charge in [0.05, 0.1) is 16.7 Å². The number of fused-ring (bicyclic) bond motifs is 7. The van der Waals surface area contributed by atoms with Gasteiger partial charge in [0.25, 0.3) is 0 Å². The lowest BCUT2D eigenvalue weighted by atomic mass is 9.34. The van der Waals surface area contributed by atoms with Crippen molar-refractivity contribution in [2.24, 2.45) is 0 Å². The van der Waals surface area contributed by atoms with Gasteiger partial charge in [0.2, 0.25) is 6.71 Å². The minimum Gasteiger partial charge on any atom is -0.311 e. The minimum absolute atomic E-state index is 0.163. The van der Waals surface area contributed by atoms with Gasteiger partial charge in [0, 0.05) is 44.4 Å². The highest BCUT2D eigenvalue weighted by Crippen LogP contribution is 2.53.